The van der Waals surface area contributed by atoms with Gasteiger partial charge in [-0.2, -0.15) is 0 Å². The van der Waals surface area contributed by atoms with E-state index in [2.05, 4.69) is 5.32 Å². The highest BCUT2D eigenvalue weighted by molar-refractivity contribution is 5.82. The molecule has 0 aliphatic heterocycles. The van der Waals surface area contributed by atoms with Crippen LogP contribution in [-0.4, -0.2) is 18.1 Å². The first kappa shape index (κ1) is 14.4. The van der Waals surface area contributed by atoms with Crippen LogP contribution in [0.1, 0.15) is 32.8 Å². The Balaban J connectivity index is 2.80. The minimum atomic E-state index is -0.335. The second-order valence-corrected chi connectivity index (χ2v) is 4.65. The van der Waals surface area contributed by atoms with E-state index in [0.717, 1.165) is 17.0 Å². The summed E-state index contributed by atoms with van der Waals surface area (Å²) in [7, 11) is 0. The van der Waals surface area contributed by atoms with Gasteiger partial charge in [0.05, 0.1) is 6.10 Å². The fourth-order valence-electron chi connectivity index (χ4n) is 1.70. The Labute approximate surface area is 109 Å². The summed E-state index contributed by atoms with van der Waals surface area (Å²) in [5.41, 5.74) is 7.22. The van der Waals surface area contributed by atoms with Gasteiger partial charge in [0.1, 0.15) is 11.8 Å². The molecule has 3 N–H and O–H groups in total. The second-order valence-electron chi connectivity index (χ2n) is 4.65. The van der Waals surface area contributed by atoms with Crippen molar-refractivity contribution >= 4 is 11.6 Å². The molecular formula is C14H22N2O2. The van der Waals surface area contributed by atoms with E-state index in [1.54, 1.807) is 0 Å². The van der Waals surface area contributed by atoms with Crippen LogP contribution < -0.4 is 15.8 Å². The smallest absolute Gasteiger partial charge is 0.239 e. The van der Waals surface area contributed by atoms with Crippen molar-refractivity contribution in [1.29, 1.82) is 0 Å². The Morgan fingerprint density at radius 1 is 1.44 bits per heavy atom. The average Bonchev–Trinajstić information content (AvgIpc) is 2.28. The van der Waals surface area contributed by atoms with E-state index < -0.39 is 0 Å². The van der Waals surface area contributed by atoms with Crippen LogP contribution >= 0.6 is 0 Å². The van der Waals surface area contributed by atoms with Crippen LogP contribution in [0.4, 0.5) is 5.69 Å². The largest absolute Gasteiger partial charge is 0.491 e. The molecule has 1 rings (SSSR count). The number of benzene rings is 1. The van der Waals surface area contributed by atoms with E-state index >= 15 is 0 Å². The van der Waals surface area contributed by atoms with Crippen molar-refractivity contribution in [1.82, 2.24) is 0 Å². The first-order valence-electron chi connectivity index (χ1n) is 6.27. The summed E-state index contributed by atoms with van der Waals surface area (Å²) in [5, 5.41) is 3.12. The molecule has 1 aromatic carbocycles. The predicted octanol–water partition coefficient (Wildman–Crippen LogP) is 2.46. The highest BCUT2D eigenvalue weighted by Gasteiger charge is 2.12. The van der Waals surface area contributed by atoms with Crippen molar-refractivity contribution in [3.63, 3.8) is 0 Å². The predicted molar refractivity (Wildman–Crippen MR) is 73.8 cm³/mol. The van der Waals surface area contributed by atoms with Crippen LogP contribution in [0.5, 0.6) is 5.75 Å². The molecule has 0 aromatic heterocycles. The molecule has 0 fully saturated rings. The Kier molecular flexibility index (Phi) is 5.01. The number of anilines is 1. The fraction of sp³-hybridized carbons (Fsp3) is 0.500. The third-order valence-electron chi connectivity index (χ3n) is 2.63. The molecule has 0 radical (unpaired) electrons. The fourth-order valence-corrected chi connectivity index (χ4v) is 1.70. The van der Waals surface area contributed by atoms with Crippen LogP contribution in [0.15, 0.2) is 18.2 Å². The zero-order valence-corrected chi connectivity index (χ0v) is 11.5. The minimum absolute atomic E-state index is 0.150. The quantitative estimate of drug-likeness (QED) is 0.815. The van der Waals surface area contributed by atoms with Crippen LogP contribution in [0.25, 0.3) is 0 Å². The number of carbonyl (C=O) groups excluding carboxylic acids is 1. The molecule has 1 atom stereocenters. The van der Waals surface area contributed by atoms with Gasteiger partial charge in [-0.3, -0.25) is 4.79 Å². The maximum absolute atomic E-state index is 11.2. The summed E-state index contributed by atoms with van der Waals surface area (Å²) in [5.74, 6) is 0.528. The second kappa shape index (κ2) is 6.28. The first-order valence-corrected chi connectivity index (χ1v) is 6.27. The number of aryl methyl sites for hydroxylation is 1. The lowest BCUT2D eigenvalue weighted by Gasteiger charge is -2.17. The zero-order chi connectivity index (χ0) is 13.7. The molecule has 1 aromatic rings. The van der Waals surface area contributed by atoms with Crippen LogP contribution in [0, 0.1) is 6.92 Å². The summed E-state index contributed by atoms with van der Waals surface area (Å²) in [6.45, 7) is 7.89. The summed E-state index contributed by atoms with van der Waals surface area (Å²) in [6.07, 6.45) is 0.815. The highest BCUT2D eigenvalue weighted by atomic mass is 16.5. The van der Waals surface area contributed by atoms with Gasteiger partial charge in [0.2, 0.25) is 5.91 Å². The van der Waals surface area contributed by atoms with E-state index in [1.165, 1.54) is 0 Å². The normalized spacial score (nSPS) is 12.3. The highest BCUT2D eigenvalue weighted by Crippen LogP contribution is 2.23. The molecule has 0 saturated carbocycles. The maximum atomic E-state index is 11.2. The molecule has 0 spiro atoms. The summed E-state index contributed by atoms with van der Waals surface area (Å²) in [6, 6.07) is 5.44. The van der Waals surface area contributed by atoms with Crippen molar-refractivity contribution in [3.05, 3.63) is 23.8 Å². The van der Waals surface area contributed by atoms with E-state index in [4.69, 9.17) is 10.5 Å². The van der Waals surface area contributed by atoms with Crippen LogP contribution in [0.3, 0.4) is 0 Å². The lowest BCUT2D eigenvalue weighted by molar-refractivity contribution is -0.118. The van der Waals surface area contributed by atoms with Gasteiger partial charge in [-0.25, -0.2) is 0 Å². The molecule has 100 valence electrons. The number of nitrogens with two attached hydrogens (primary N) is 1. The van der Waals surface area contributed by atoms with Crippen molar-refractivity contribution < 1.29 is 9.53 Å². The molecular weight excluding hydrogens is 228 g/mol. The molecule has 0 aliphatic carbocycles. The van der Waals surface area contributed by atoms with Gasteiger partial charge in [0, 0.05) is 5.69 Å². The Bertz CT molecular complexity index is 416. The first-order chi connectivity index (χ1) is 8.43. The summed E-state index contributed by atoms with van der Waals surface area (Å²) < 4.78 is 5.66. The monoisotopic (exact) mass is 250 g/mol. The lowest BCUT2D eigenvalue weighted by atomic mass is 10.1. The van der Waals surface area contributed by atoms with Gasteiger partial charge < -0.3 is 15.8 Å². The number of hydrogen-bond acceptors (Lipinski definition) is 3. The van der Waals surface area contributed by atoms with Crippen molar-refractivity contribution in [2.75, 3.05) is 5.32 Å². The summed E-state index contributed by atoms with van der Waals surface area (Å²) >= 11 is 0. The van der Waals surface area contributed by atoms with Gasteiger partial charge in [-0.05, 0) is 51.0 Å². The molecule has 18 heavy (non-hydrogen) atoms. The van der Waals surface area contributed by atoms with Crippen LogP contribution in [0.2, 0.25) is 0 Å². The number of primary amides is 1. The topological polar surface area (TPSA) is 64.3 Å². The number of hydrogen-bond donors (Lipinski definition) is 2. The van der Waals surface area contributed by atoms with E-state index in [0.29, 0.717) is 6.42 Å². The lowest BCUT2D eigenvalue weighted by Crippen LogP contribution is -2.34. The number of ether oxygens (including phenoxy) is 1. The number of rotatable bonds is 6. The molecule has 4 heteroatoms. The molecule has 0 saturated heterocycles. The molecule has 4 nitrogen and oxygen atoms in total. The number of carbonyl (C=O) groups is 1. The standard InChI is InChI=1S/C14H22N2O2/c1-5-12(14(15)17)16-11-6-7-13(10(4)8-11)18-9(2)3/h6-9,12,16H,5H2,1-4H3,(H2,15,17). The van der Waals surface area contributed by atoms with Crippen LogP contribution in [-0.2, 0) is 4.79 Å². The summed E-state index contributed by atoms with van der Waals surface area (Å²) in [4.78, 5) is 11.2. The van der Waals surface area contributed by atoms with Crippen molar-refractivity contribution in [3.8, 4) is 5.75 Å². The van der Waals surface area contributed by atoms with E-state index in [-0.39, 0.29) is 18.1 Å². The molecule has 1 amide bonds. The number of amides is 1. The van der Waals surface area contributed by atoms with Gasteiger partial charge in [0.15, 0.2) is 0 Å². The van der Waals surface area contributed by atoms with Gasteiger partial charge in [-0.15, -0.1) is 0 Å². The third-order valence-corrected chi connectivity index (χ3v) is 2.63. The Morgan fingerprint density at radius 2 is 2.11 bits per heavy atom. The van der Waals surface area contributed by atoms with Gasteiger partial charge in [-0.1, -0.05) is 6.92 Å². The Morgan fingerprint density at radius 3 is 2.56 bits per heavy atom. The van der Waals surface area contributed by atoms with E-state index in [1.807, 2.05) is 45.9 Å². The maximum Gasteiger partial charge on any atom is 0.239 e. The SMILES string of the molecule is CCC(Nc1ccc(OC(C)C)c(C)c1)C(N)=O. The van der Waals surface area contributed by atoms with E-state index in [9.17, 15) is 4.79 Å². The van der Waals surface area contributed by atoms with Crippen molar-refractivity contribution in [2.24, 2.45) is 5.73 Å². The van der Waals surface area contributed by atoms with Gasteiger partial charge >= 0.3 is 0 Å². The number of nitrogens with one attached hydrogen (secondary N) is 1. The molecule has 0 aliphatic rings. The Hall–Kier alpha value is -1.71. The zero-order valence-electron chi connectivity index (χ0n) is 11.5. The average molecular weight is 250 g/mol. The third kappa shape index (κ3) is 3.95. The minimum Gasteiger partial charge on any atom is -0.491 e. The molecule has 1 unspecified atom stereocenters. The van der Waals surface area contributed by atoms with Gasteiger partial charge in [0.25, 0.3) is 0 Å². The molecule has 0 bridgehead atoms. The van der Waals surface area contributed by atoms with Crippen molar-refractivity contribution in [2.45, 2.75) is 46.3 Å². The molecule has 0 heterocycles.